The molecule has 8 aliphatic rings. The molecule has 147 heavy (non-hydrogen) atoms. The monoisotopic (exact) mass is 2030 g/mol. The molecule has 2 aromatic heterocycles. The van der Waals surface area contributed by atoms with Crippen molar-refractivity contribution in [3.63, 3.8) is 0 Å². The standard InChI is InChI=1S/C54H68N6O14.C53H66N6O14/c1-7-36-22-40-30-55-45-28-49(47(66-4)26-43(45)53(63)59(40)32-36)73-34-38-24-42(72-15-13-58(12-9-10-52(62)68-6)51(61)11-14-69-18-19-71-21-20-70-17-16-65-3)25-39(57-38)35-74-50-29-46-44(27-48(50)67-5)54(64)60-33-37(8-2)23-41(60)31-56-46;1-6-35-21-39-29-54-44-27-48(46(66-4)25-42(44)52(63)58(39)31-35)72-33-37-23-41(71-14-12-57(11-8-9-51(61)62)50(60)10-13-68-17-18-70-20-19-69-16-15-65-3)24-38(56-37)34-73-49-28-45-43(26-47(49)67-5)53(64)59-32-36(7-2)22-40(59)30-55-45/h7-8,24-31,40-41H,9-23,32-35H2,1-6H3;6-7,23-30,39-40H,8-22,31-34H2,1-5H3,(H,61,62)/b36-7+,37-8+;35-6+,36-7+/t40-,41-;39-,40-/m00/s1. The first-order valence-corrected chi connectivity index (χ1v) is 49.5. The van der Waals surface area contributed by atoms with Gasteiger partial charge in [0.1, 0.15) is 51.1 Å². The molecular weight excluding hydrogens is 1900 g/mol. The summed E-state index contributed by atoms with van der Waals surface area (Å²) in [5.41, 5.74) is 10.0. The van der Waals surface area contributed by atoms with Gasteiger partial charge < -0.3 is 125 Å². The average molecular weight is 2040 g/mol. The summed E-state index contributed by atoms with van der Waals surface area (Å²) in [5.74, 6) is 1.31. The molecule has 6 aromatic rings. The van der Waals surface area contributed by atoms with Crippen molar-refractivity contribution in [3.05, 3.63) is 164 Å². The van der Waals surface area contributed by atoms with Crippen LogP contribution >= 0.6 is 0 Å². The Morgan fingerprint density at radius 3 is 0.864 bits per heavy atom. The van der Waals surface area contributed by atoms with E-state index in [4.69, 9.17) is 120 Å². The normalized spacial score (nSPS) is 17.7. The molecule has 0 spiro atoms. The number of ether oxygens (including phenoxy) is 19. The minimum atomic E-state index is -0.959. The number of allylic oxidation sites excluding steroid dienone is 4. The highest BCUT2D eigenvalue weighted by atomic mass is 16.6. The van der Waals surface area contributed by atoms with Gasteiger partial charge in [-0.05, 0) is 90.5 Å². The number of nitrogens with zero attached hydrogens (tertiary/aromatic N) is 12. The second-order valence-corrected chi connectivity index (χ2v) is 35.3. The molecule has 4 fully saturated rings. The zero-order valence-electron chi connectivity index (χ0n) is 85.6. The smallest absolute Gasteiger partial charge is 0.305 e. The molecule has 8 aliphatic heterocycles. The van der Waals surface area contributed by atoms with E-state index in [0.717, 1.165) is 25.7 Å². The number of aliphatic carboxylic acids is 1. The van der Waals surface area contributed by atoms with Crippen LogP contribution in [-0.4, -0.2) is 349 Å². The fraction of sp³-hybridized carbons (Fsp3) is 0.495. The second kappa shape index (κ2) is 56.3. The lowest BCUT2D eigenvalue weighted by Gasteiger charge is -2.23. The summed E-state index contributed by atoms with van der Waals surface area (Å²) in [4.78, 5) is 144. The lowest BCUT2D eigenvalue weighted by atomic mass is 10.1. The van der Waals surface area contributed by atoms with Crippen LogP contribution < -0.4 is 47.4 Å². The number of rotatable bonds is 56. The van der Waals surface area contributed by atoms with Gasteiger partial charge in [-0.15, -0.1) is 0 Å². The summed E-state index contributed by atoms with van der Waals surface area (Å²) >= 11 is 0. The molecule has 4 saturated heterocycles. The van der Waals surface area contributed by atoms with E-state index in [1.165, 1.54) is 57.8 Å². The molecule has 6 amide bonds. The first-order chi connectivity index (χ1) is 71.6. The molecule has 0 saturated carbocycles. The van der Waals surface area contributed by atoms with E-state index < -0.39 is 5.97 Å². The minimum Gasteiger partial charge on any atom is -0.493 e. The third-order valence-electron chi connectivity index (χ3n) is 25.7. The van der Waals surface area contributed by atoms with E-state index in [0.29, 0.717) is 244 Å². The molecule has 790 valence electrons. The highest BCUT2D eigenvalue weighted by Gasteiger charge is 2.40. The van der Waals surface area contributed by atoms with E-state index in [9.17, 15) is 43.5 Å². The van der Waals surface area contributed by atoms with Crippen LogP contribution in [-0.2, 0) is 88.2 Å². The van der Waals surface area contributed by atoms with E-state index in [2.05, 4.69) is 0 Å². The van der Waals surface area contributed by atoms with Crippen molar-refractivity contribution in [2.75, 3.05) is 208 Å². The van der Waals surface area contributed by atoms with Crippen molar-refractivity contribution in [2.24, 2.45) is 20.0 Å². The van der Waals surface area contributed by atoms with Crippen LogP contribution in [0.3, 0.4) is 0 Å². The molecule has 1 N–H and O–H groups in total. The quantitative estimate of drug-likeness (QED) is 0.0210. The van der Waals surface area contributed by atoms with Gasteiger partial charge >= 0.3 is 11.9 Å². The maximum Gasteiger partial charge on any atom is 0.305 e. The summed E-state index contributed by atoms with van der Waals surface area (Å²) in [6.45, 7) is 16.1. The summed E-state index contributed by atoms with van der Waals surface area (Å²) in [7, 11) is 10.6. The van der Waals surface area contributed by atoms with Crippen LogP contribution in [0.1, 0.15) is 156 Å². The van der Waals surface area contributed by atoms with Crippen molar-refractivity contribution in [1.29, 1.82) is 0 Å². The number of carbonyl (C=O) groups is 8. The number of aromatic nitrogens is 2. The molecule has 4 atom stereocenters. The van der Waals surface area contributed by atoms with Gasteiger partial charge in [0.2, 0.25) is 11.8 Å². The molecule has 14 rings (SSSR count). The number of esters is 1. The number of carboxylic acid groups (broad SMARTS) is 1. The summed E-state index contributed by atoms with van der Waals surface area (Å²) in [6.07, 6.45) is 19.1. The van der Waals surface area contributed by atoms with Crippen LogP contribution in [0.2, 0.25) is 0 Å². The van der Waals surface area contributed by atoms with Crippen LogP contribution in [0.4, 0.5) is 22.7 Å². The highest BCUT2D eigenvalue weighted by molar-refractivity contribution is 6.07. The Morgan fingerprint density at radius 2 is 0.605 bits per heavy atom. The van der Waals surface area contributed by atoms with Gasteiger partial charge in [-0.2, -0.15) is 0 Å². The first kappa shape index (κ1) is 110. The van der Waals surface area contributed by atoms with Crippen LogP contribution in [0.15, 0.2) is 139 Å². The molecule has 0 bridgehead atoms. The number of fused-ring (bicyclic) bond motifs is 8. The van der Waals surface area contributed by atoms with Crippen molar-refractivity contribution < 1.29 is 133 Å². The molecule has 40 nitrogen and oxygen atoms in total. The predicted molar refractivity (Wildman–Crippen MR) is 543 cm³/mol. The molecule has 4 aromatic carbocycles. The van der Waals surface area contributed by atoms with E-state index in [1.54, 1.807) is 122 Å². The number of carboxylic acids is 1. The molecule has 0 aliphatic carbocycles. The van der Waals surface area contributed by atoms with Crippen molar-refractivity contribution >= 4 is 95.0 Å². The number of pyridine rings is 2. The Kier molecular flexibility index (Phi) is 42.3. The number of methoxy groups -OCH3 is 7. The number of amides is 6. The number of carbonyl (C=O) groups excluding carboxylic acids is 7. The van der Waals surface area contributed by atoms with E-state index in [1.807, 2.05) is 71.6 Å². The summed E-state index contributed by atoms with van der Waals surface area (Å²) in [5, 5.41) is 9.33. The lowest BCUT2D eigenvalue weighted by Crippen LogP contribution is -2.36. The molecule has 0 radical (unpaired) electrons. The summed E-state index contributed by atoms with van der Waals surface area (Å²) < 4.78 is 109. The van der Waals surface area contributed by atoms with Gasteiger partial charge in [0.05, 0.1) is 246 Å². The molecule has 10 heterocycles. The Bertz CT molecular complexity index is 5570. The number of hydrogen-bond acceptors (Lipinski definition) is 33. The summed E-state index contributed by atoms with van der Waals surface area (Å²) in [6, 6.07) is 19.7. The maximum absolute atomic E-state index is 13.8. The number of aliphatic imine (C=N–C) groups is 4. The lowest BCUT2D eigenvalue weighted by molar-refractivity contribution is -0.141. The van der Waals surface area contributed by atoms with Crippen LogP contribution in [0, 0.1) is 0 Å². The van der Waals surface area contributed by atoms with Gasteiger partial charge in [-0.25, -0.2) is 0 Å². The Hall–Kier alpha value is -13.7. The van der Waals surface area contributed by atoms with Crippen LogP contribution in [0.5, 0.6) is 57.5 Å². The largest absolute Gasteiger partial charge is 0.493 e. The topological polar surface area (TPSA) is 427 Å². The number of hydrogen-bond donors (Lipinski definition) is 1. The number of benzene rings is 4. The van der Waals surface area contributed by atoms with Crippen molar-refractivity contribution in [3.8, 4) is 57.5 Å². The third-order valence-corrected chi connectivity index (χ3v) is 25.7. The van der Waals surface area contributed by atoms with E-state index in [-0.39, 0.29) is 170 Å². The second-order valence-electron chi connectivity index (χ2n) is 35.3. The first-order valence-electron chi connectivity index (χ1n) is 49.5. The van der Waals surface area contributed by atoms with Crippen LogP contribution in [0.25, 0.3) is 0 Å². The third kappa shape index (κ3) is 30.7. The molecular formula is C107H134N12O28. The van der Waals surface area contributed by atoms with Gasteiger partial charge in [0.25, 0.3) is 23.6 Å². The highest BCUT2D eigenvalue weighted by Crippen LogP contribution is 2.45. The zero-order chi connectivity index (χ0) is 104. The Balaban J connectivity index is 0.000000246. The predicted octanol–water partition coefficient (Wildman–Crippen LogP) is 12.4. The van der Waals surface area contributed by atoms with Crippen molar-refractivity contribution in [1.82, 2.24) is 39.4 Å². The van der Waals surface area contributed by atoms with Crippen molar-refractivity contribution in [2.45, 2.75) is 142 Å². The zero-order valence-corrected chi connectivity index (χ0v) is 85.6. The Labute approximate surface area is 855 Å². The molecule has 40 heteroatoms. The minimum absolute atomic E-state index is 0.0483. The SMILES string of the molecule is C/C=C1\C[C@H]2C=Nc3cc(OCc4cc(OCCN(CCCC(=O)O)C(=O)CCOCCOCCOCCOC)cc(COc5cc6c(cc5OC)C(=O)N5C/C(=C/C)C[C@H]5C=N6)n4)c(OC)cc3C(=O)N2C1.C/C=C1\C[C@H]2C=Nc3cc(OCc4cc(OCCN(CCCC(=O)OC)C(=O)CCOCCOCCOCCOC)cc(COc5cc6c(cc5OC)C(=O)N5C/C(=C/C)C[C@H]5C=N6)n4)c(OC)cc3C(=O)N2C1. The molecule has 0 unspecified atom stereocenters. The van der Waals surface area contributed by atoms with Gasteiger partial charge in [0, 0.05) is 140 Å². The van der Waals surface area contributed by atoms with Gasteiger partial charge in [0.15, 0.2) is 46.0 Å². The average Bonchev–Trinajstić information content (AvgIpc) is 1.66. The van der Waals surface area contributed by atoms with Gasteiger partial charge in [-0.1, -0.05) is 46.6 Å². The van der Waals surface area contributed by atoms with E-state index >= 15 is 0 Å². The fourth-order valence-electron chi connectivity index (χ4n) is 17.6. The van der Waals surface area contributed by atoms with Gasteiger partial charge in [-0.3, -0.25) is 68.3 Å². The maximum atomic E-state index is 13.8. The fourth-order valence-corrected chi connectivity index (χ4v) is 17.6. The Morgan fingerprint density at radius 1 is 0.333 bits per heavy atom.